The van der Waals surface area contributed by atoms with Gasteiger partial charge in [0.25, 0.3) is 0 Å². The van der Waals surface area contributed by atoms with Crippen molar-refractivity contribution in [2.24, 2.45) is 5.73 Å². The van der Waals surface area contributed by atoms with Gasteiger partial charge < -0.3 is 10.6 Å². The Balaban J connectivity index is 1.56. The molecular weight excluding hydrogens is 274 g/mol. The van der Waals surface area contributed by atoms with E-state index < -0.39 is 5.54 Å². The molecule has 1 aromatic rings. The molecule has 2 N–H and O–H groups in total. The number of likely N-dealkylation sites (tertiary alicyclic amines) is 1. The van der Waals surface area contributed by atoms with Crippen LogP contribution in [0.15, 0.2) is 30.3 Å². The molecule has 4 nitrogen and oxygen atoms in total. The minimum Gasteiger partial charge on any atom is -0.341 e. The highest BCUT2D eigenvalue weighted by atomic mass is 16.2. The number of amides is 1. The van der Waals surface area contributed by atoms with Crippen LogP contribution in [0.3, 0.4) is 0 Å². The maximum absolute atomic E-state index is 12.4. The fourth-order valence-electron chi connectivity index (χ4n) is 3.47. The van der Waals surface area contributed by atoms with Gasteiger partial charge >= 0.3 is 0 Å². The first-order chi connectivity index (χ1) is 10.5. The standard InChI is InChI=1S/C18H27N3O/c1-14-12-16(20(2)17(22)18(19)9-10-18)8-11-21(14)13-15-6-4-3-5-7-15/h3-7,14,16H,8-13,19H2,1-2H3/t14-,16-/m0/s1. The van der Waals surface area contributed by atoms with Crippen molar-refractivity contribution >= 4 is 5.91 Å². The molecule has 1 aromatic carbocycles. The molecule has 4 heteroatoms. The van der Waals surface area contributed by atoms with Gasteiger partial charge in [-0.2, -0.15) is 0 Å². The predicted molar refractivity (Wildman–Crippen MR) is 88.3 cm³/mol. The fraction of sp³-hybridized carbons (Fsp3) is 0.611. The Hall–Kier alpha value is -1.39. The van der Waals surface area contributed by atoms with Crippen molar-refractivity contribution in [3.63, 3.8) is 0 Å². The number of carbonyl (C=O) groups is 1. The van der Waals surface area contributed by atoms with Crippen molar-refractivity contribution < 1.29 is 4.79 Å². The summed E-state index contributed by atoms with van der Waals surface area (Å²) in [5.41, 5.74) is 6.88. The van der Waals surface area contributed by atoms with Crippen molar-refractivity contribution in [3.8, 4) is 0 Å². The van der Waals surface area contributed by atoms with Crippen LogP contribution in [0.5, 0.6) is 0 Å². The summed E-state index contributed by atoms with van der Waals surface area (Å²) in [5.74, 6) is 0.140. The molecule has 0 aromatic heterocycles. The zero-order chi connectivity index (χ0) is 15.7. The molecule has 1 aliphatic heterocycles. The van der Waals surface area contributed by atoms with E-state index in [2.05, 4.69) is 42.2 Å². The van der Waals surface area contributed by atoms with Crippen LogP contribution in [0.4, 0.5) is 0 Å². The van der Waals surface area contributed by atoms with Crippen molar-refractivity contribution in [1.29, 1.82) is 0 Å². The maximum Gasteiger partial charge on any atom is 0.242 e. The molecule has 2 aliphatic rings. The summed E-state index contributed by atoms with van der Waals surface area (Å²) >= 11 is 0. The Morgan fingerprint density at radius 2 is 2.05 bits per heavy atom. The van der Waals surface area contributed by atoms with Gasteiger partial charge in [0.2, 0.25) is 5.91 Å². The number of rotatable bonds is 4. The van der Waals surface area contributed by atoms with E-state index in [1.165, 1.54) is 5.56 Å². The summed E-state index contributed by atoms with van der Waals surface area (Å²) in [6.45, 7) is 4.30. The molecular formula is C18H27N3O. The highest BCUT2D eigenvalue weighted by Crippen LogP contribution is 2.35. The summed E-state index contributed by atoms with van der Waals surface area (Å²) in [7, 11) is 1.93. The molecule has 120 valence electrons. The van der Waals surface area contributed by atoms with Crippen molar-refractivity contribution in [2.45, 2.75) is 56.8 Å². The first-order valence-electron chi connectivity index (χ1n) is 8.34. The second-order valence-corrected chi connectivity index (χ2v) is 7.06. The van der Waals surface area contributed by atoms with E-state index in [1.54, 1.807) is 0 Å². The first-order valence-corrected chi connectivity index (χ1v) is 8.34. The van der Waals surface area contributed by atoms with Gasteiger partial charge in [-0.05, 0) is 38.2 Å². The lowest BCUT2D eigenvalue weighted by molar-refractivity contribution is -0.135. The minimum atomic E-state index is -0.542. The van der Waals surface area contributed by atoms with Crippen LogP contribution in [0.2, 0.25) is 0 Å². The van der Waals surface area contributed by atoms with Crippen LogP contribution in [0, 0.1) is 0 Å². The van der Waals surface area contributed by atoms with Crippen molar-refractivity contribution in [2.75, 3.05) is 13.6 Å². The molecule has 22 heavy (non-hydrogen) atoms. The van der Waals surface area contributed by atoms with Gasteiger partial charge in [-0.1, -0.05) is 30.3 Å². The van der Waals surface area contributed by atoms with Gasteiger partial charge in [0.15, 0.2) is 0 Å². The molecule has 3 rings (SSSR count). The average molecular weight is 301 g/mol. The predicted octanol–water partition coefficient (Wildman–Crippen LogP) is 1.99. The van der Waals surface area contributed by atoms with Crippen LogP contribution in [-0.2, 0) is 11.3 Å². The monoisotopic (exact) mass is 301 g/mol. The zero-order valence-electron chi connectivity index (χ0n) is 13.7. The van der Waals surface area contributed by atoms with E-state index >= 15 is 0 Å². The Morgan fingerprint density at radius 1 is 1.36 bits per heavy atom. The molecule has 0 bridgehead atoms. The van der Waals surface area contributed by atoms with Gasteiger partial charge in [-0.3, -0.25) is 9.69 Å². The Morgan fingerprint density at radius 3 is 2.64 bits per heavy atom. The summed E-state index contributed by atoms with van der Waals surface area (Å²) in [6.07, 6.45) is 3.76. The van der Waals surface area contributed by atoms with E-state index in [0.717, 1.165) is 38.8 Å². The minimum absolute atomic E-state index is 0.140. The number of nitrogens with zero attached hydrogens (tertiary/aromatic N) is 2. The van der Waals surface area contributed by atoms with E-state index in [-0.39, 0.29) is 5.91 Å². The molecule has 0 radical (unpaired) electrons. The number of piperidine rings is 1. The lowest BCUT2D eigenvalue weighted by atomic mass is 9.96. The van der Waals surface area contributed by atoms with Gasteiger partial charge in [0.05, 0.1) is 5.54 Å². The first kappa shape index (κ1) is 15.5. The van der Waals surface area contributed by atoms with Crippen molar-refractivity contribution in [3.05, 3.63) is 35.9 Å². The van der Waals surface area contributed by atoms with E-state index in [4.69, 9.17) is 5.73 Å². The number of likely N-dealkylation sites (N-methyl/N-ethyl adjacent to an activating group) is 1. The molecule has 1 amide bonds. The second-order valence-electron chi connectivity index (χ2n) is 7.06. The zero-order valence-corrected chi connectivity index (χ0v) is 13.7. The average Bonchev–Trinajstić information content (AvgIpc) is 3.28. The topological polar surface area (TPSA) is 49.6 Å². The number of hydrogen-bond acceptors (Lipinski definition) is 3. The fourth-order valence-corrected chi connectivity index (χ4v) is 3.47. The molecule has 2 atom stereocenters. The molecule has 1 heterocycles. The third-order valence-electron chi connectivity index (χ3n) is 5.30. The smallest absolute Gasteiger partial charge is 0.242 e. The number of carbonyl (C=O) groups excluding carboxylic acids is 1. The number of hydrogen-bond donors (Lipinski definition) is 1. The van der Waals surface area contributed by atoms with Crippen LogP contribution in [0.1, 0.15) is 38.2 Å². The highest BCUT2D eigenvalue weighted by Gasteiger charge is 2.48. The quantitative estimate of drug-likeness (QED) is 0.925. The molecule has 1 saturated carbocycles. The summed E-state index contributed by atoms with van der Waals surface area (Å²) < 4.78 is 0. The summed E-state index contributed by atoms with van der Waals surface area (Å²) in [4.78, 5) is 16.8. The maximum atomic E-state index is 12.4. The number of nitrogens with two attached hydrogens (primary N) is 1. The summed E-state index contributed by atoms with van der Waals surface area (Å²) in [6, 6.07) is 11.4. The van der Waals surface area contributed by atoms with E-state index in [9.17, 15) is 4.79 Å². The third kappa shape index (κ3) is 3.18. The second kappa shape index (κ2) is 6.01. The Kier molecular flexibility index (Phi) is 4.24. The molecule has 2 fully saturated rings. The third-order valence-corrected chi connectivity index (χ3v) is 5.30. The van der Waals surface area contributed by atoms with Crippen LogP contribution >= 0.6 is 0 Å². The lowest BCUT2D eigenvalue weighted by Gasteiger charge is -2.41. The molecule has 1 saturated heterocycles. The molecule has 0 spiro atoms. The van der Waals surface area contributed by atoms with E-state index in [0.29, 0.717) is 12.1 Å². The largest absolute Gasteiger partial charge is 0.341 e. The normalized spacial score (nSPS) is 27.4. The molecule has 1 aliphatic carbocycles. The number of benzene rings is 1. The Bertz CT molecular complexity index is 526. The van der Waals surface area contributed by atoms with Crippen LogP contribution in [-0.4, -0.2) is 46.9 Å². The molecule has 0 unspecified atom stereocenters. The van der Waals surface area contributed by atoms with Crippen molar-refractivity contribution in [1.82, 2.24) is 9.80 Å². The van der Waals surface area contributed by atoms with E-state index in [1.807, 2.05) is 11.9 Å². The van der Waals surface area contributed by atoms with Gasteiger partial charge in [-0.25, -0.2) is 0 Å². The van der Waals surface area contributed by atoms with Gasteiger partial charge in [0.1, 0.15) is 0 Å². The SMILES string of the molecule is C[C@H]1C[C@@H](N(C)C(=O)C2(N)CC2)CCN1Cc1ccccc1. The lowest BCUT2D eigenvalue weighted by Crippen LogP contribution is -2.53. The van der Waals surface area contributed by atoms with Gasteiger partial charge in [0, 0.05) is 32.2 Å². The van der Waals surface area contributed by atoms with Crippen LogP contribution in [0.25, 0.3) is 0 Å². The Labute approximate surface area is 133 Å². The summed E-state index contributed by atoms with van der Waals surface area (Å²) in [5, 5.41) is 0. The van der Waals surface area contributed by atoms with Crippen LogP contribution < -0.4 is 5.73 Å². The van der Waals surface area contributed by atoms with Gasteiger partial charge in [-0.15, -0.1) is 0 Å². The highest BCUT2D eigenvalue weighted by molar-refractivity contribution is 5.89.